The fourth-order valence-corrected chi connectivity index (χ4v) is 2.23. The predicted octanol–water partition coefficient (Wildman–Crippen LogP) is 2.60. The number of hydrogen-bond acceptors (Lipinski definition) is 2. The van der Waals surface area contributed by atoms with Gasteiger partial charge in [-0.05, 0) is 25.1 Å². The number of H-pyrrole nitrogens is 1. The van der Waals surface area contributed by atoms with Gasteiger partial charge < -0.3 is 10.7 Å². The summed E-state index contributed by atoms with van der Waals surface area (Å²) in [6, 6.07) is 6.47. The van der Waals surface area contributed by atoms with Crippen molar-refractivity contribution in [3.8, 4) is 11.3 Å². The minimum absolute atomic E-state index is 0.258. The van der Waals surface area contributed by atoms with Gasteiger partial charge in [0, 0.05) is 35.3 Å². The van der Waals surface area contributed by atoms with Gasteiger partial charge in [0.15, 0.2) is 0 Å². The van der Waals surface area contributed by atoms with E-state index in [0.29, 0.717) is 5.82 Å². The Kier molecular flexibility index (Phi) is 2.16. The molecular formula is C13H13FN4. The van der Waals surface area contributed by atoms with Crippen molar-refractivity contribution in [3.05, 3.63) is 35.8 Å². The van der Waals surface area contributed by atoms with Crippen LogP contribution in [0.5, 0.6) is 0 Å². The Bertz CT molecular complexity index is 719. The summed E-state index contributed by atoms with van der Waals surface area (Å²) in [6.07, 6.45) is 0. The third kappa shape index (κ3) is 1.48. The van der Waals surface area contributed by atoms with E-state index in [4.69, 9.17) is 5.73 Å². The first-order valence-electron chi connectivity index (χ1n) is 5.64. The maximum absolute atomic E-state index is 13.4. The number of aryl methyl sites for hydroxylation is 2. The van der Waals surface area contributed by atoms with Crippen molar-refractivity contribution in [2.75, 3.05) is 5.73 Å². The molecule has 1 aromatic carbocycles. The Morgan fingerprint density at radius 1 is 1.33 bits per heavy atom. The third-order valence-corrected chi connectivity index (χ3v) is 3.12. The molecular weight excluding hydrogens is 231 g/mol. The molecule has 2 aromatic heterocycles. The predicted molar refractivity (Wildman–Crippen MR) is 69.6 cm³/mol. The maximum atomic E-state index is 13.4. The van der Waals surface area contributed by atoms with Gasteiger partial charge in [0.25, 0.3) is 0 Å². The molecule has 18 heavy (non-hydrogen) atoms. The second-order valence-corrected chi connectivity index (χ2v) is 4.39. The van der Waals surface area contributed by atoms with Crippen LogP contribution in [0.1, 0.15) is 5.69 Å². The van der Waals surface area contributed by atoms with E-state index in [1.54, 1.807) is 23.9 Å². The summed E-state index contributed by atoms with van der Waals surface area (Å²) in [6.45, 7) is 1.94. The lowest BCUT2D eigenvalue weighted by Gasteiger charge is -1.96. The zero-order valence-electron chi connectivity index (χ0n) is 10.2. The first-order chi connectivity index (χ1) is 8.56. The van der Waals surface area contributed by atoms with Crippen molar-refractivity contribution in [2.24, 2.45) is 7.05 Å². The molecule has 0 fully saturated rings. The van der Waals surface area contributed by atoms with Crippen LogP contribution in [-0.2, 0) is 7.05 Å². The van der Waals surface area contributed by atoms with E-state index in [9.17, 15) is 4.39 Å². The largest absolute Gasteiger partial charge is 0.384 e. The molecule has 5 heteroatoms. The quantitative estimate of drug-likeness (QED) is 0.691. The Morgan fingerprint density at radius 3 is 2.78 bits per heavy atom. The van der Waals surface area contributed by atoms with E-state index in [2.05, 4.69) is 10.1 Å². The van der Waals surface area contributed by atoms with E-state index in [1.807, 2.05) is 6.92 Å². The fraction of sp³-hybridized carbons (Fsp3) is 0.154. The number of benzene rings is 1. The van der Waals surface area contributed by atoms with Gasteiger partial charge in [-0.1, -0.05) is 0 Å². The average molecular weight is 244 g/mol. The summed E-state index contributed by atoms with van der Waals surface area (Å²) in [5.74, 6) is 0.321. The van der Waals surface area contributed by atoms with Crippen LogP contribution in [0.4, 0.5) is 10.2 Å². The molecule has 3 N–H and O–H groups in total. The van der Waals surface area contributed by atoms with Gasteiger partial charge in [-0.15, -0.1) is 0 Å². The molecule has 2 heterocycles. The zero-order valence-corrected chi connectivity index (χ0v) is 10.2. The Labute approximate surface area is 103 Å². The van der Waals surface area contributed by atoms with Crippen molar-refractivity contribution in [1.29, 1.82) is 0 Å². The summed E-state index contributed by atoms with van der Waals surface area (Å²) >= 11 is 0. The zero-order chi connectivity index (χ0) is 12.9. The van der Waals surface area contributed by atoms with Crippen LogP contribution in [0.2, 0.25) is 0 Å². The molecule has 0 radical (unpaired) electrons. The molecule has 0 saturated heterocycles. The van der Waals surface area contributed by atoms with E-state index in [1.165, 1.54) is 12.1 Å². The normalized spacial score (nSPS) is 11.3. The third-order valence-electron chi connectivity index (χ3n) is 3.12. The summed E-state index contributed by atoms with van der Waals surface area (Å²) in [7, 11) is 1.78. The lowest BCUT2D eigenvalue weighted by atomic mass is 10.1. The van der Waals surface area contributed by atoms with E-state index in [0.717, 1.165) is 27.9 Å². The Morgan fingerprint density at radius 2 is 2.11 bits per heavy atom. The minimum atomic E-state index is -0.258. The van der Waals surface area contributed by atoms with Gasteiger partial charge in [0.05, 0.1) is 5.69 Å². The second kappa shape index (κ2) is 3.60. The second-order valence-electron chi connectivity index (χ2n) is 4.39. The van der Waals surface area contributed by atoms with Gasteiger partial charge >= 0.3 is 0 Å². The molecule has 0 aliphatic rings. The highest BCUT2D eigenvalue weighted by Gasteiger charge is 2.14. The molecule has 0 atom stereocenters. The van der Waals surface area contributed by atoms with Crippen molar-refractivity contribution in [2.45, 2.75) is 6.92 Å². The summed E-state index contributed by atoms with van der Waals surface area (Å²) in [5.41, 5.74) is 9.29. The van der Waals surface area contributed by atoms with E-state index in [-0.39, 0.29) is 5.82 Å². The number of halogens is 1. The molecule has 0 aliphatic carbocycles. The smallest absolute Gasteiger partial charge is 0.123 e. The molecule has 0 spiro atoms. The molecule has 0 bridgehead atoms. The van der Waals surface area contributed by atoms with Gasteiger partial charge in [-0.2, -0.15) is 5.10 Å². The SMILES string of the molecule is Cc1[nH]c2ccc(F)cc2c1-c1cc(N)n(C)n1. The van der Waals surface area contributed by atoms with Crippen LogP contribution in [0.15, 0.2) is 24.3 Å². The van der Waals surface area contributed by atoms with Crippen LogP contribution >= 0.6 is 0 Å². The molecule has 0 saturated carbocycles. The Hall–Kier alpha value is -2.30. The van der Waals surface area contributed by atoms with Crippen LogP contribution in [0, 0.1) is 12.7 Å². The highest BCUT2D eigenvalue weighted by molar-refractivity contribution is 5.96. The van der Waals surface area contributed by atoms with Crippen molar-refractivity contribution in [1.82, 2.24) is 14.8 Å². The van der Waals surface area contributed by atoms with Gasteiger partial charge in [-0.3, -0.25) is 4.68 Å². The van der Waals surface area contributed by atoms with E-state index >= 15 is 0 Å². The summed E-state index contributed by atoms with van der Waals surface area (Å²) in [4.78, 5) is 3.22. The number of nitrogens with two attached hydrogens (primary N) is 1. The van der Waals surface area contributed by atoms with Crippen LogP contribution in [-0.4, -0.2) is 14.8 Å². The molecule has 3 aromatic rings. The fourth-order valence-electron chi connectivity index (χ4n) is 2.23. The highest BCUT2D eigenvalue weighted by Crippen LogP contribution is 2.32. The first kappa shape index (κ1) is 10.8. The van der Waals surface area contributed by atoms with E-state index < -0.39 is 0 Å². The molecule has 0 amide bonds. The highest BCUT2D eigenvalue weighted by atomic mass is 19.1. The van der Waals surface area contributed by atoms with Crippen molar-refractivity contribution >= 4 is 16.7 Å². The van der Waals surface area contributed by atoms with Crippen LogP contribution < -0.4 is 5.73 Å². The topological polar surface area (TPSA) is 59.6 Å². The number of aromatic nitrogens is 3. The number of nitrogens with zero attached hydrogens (tertiary/aromatic N) is 2. The first-order valence-corrected chi connectivity index (χ1v) is 5.64. The average Bonchev–Trinajstić information content (AvgIpc) is 2.79. The monoisotopic (exact) mass is 244 g/mol. The number of nitrogen functional groups attached to an aromatic ring is 1. The number of aromatic amines is 1. The number of nitrogens with one attached hydrogen (secondary N) is 1. The van der Waals surface area contributed by atoms with Gasteiger partial charge in [0.2, 0.25) is 0 Å². The lowest BCUT2D eigenvalue weighted by Crippen LogP contribution is -1.96. The molecule has 0 aliphatic heterocycles. The standard InChI is InChI=1S/C13H13FN4/c1-7-13(11-6-12(15)18(2)17-11)9-5-8(14)3-4-10(9)16-7/h3-6,16H,15H2,1-2H3. The van der Waals surface area contributed by atoms with Gasteiger partial charge in [0.1, 0.15) is 11.6 Å². The number of hydrogen-bond donors (Lipinski definition) is 2. The summed E-state index contributed by atoms with van der Waals surface area (Å²) in [5, 5.41) is 5.17. The van der Waals surface area contributed by atoms with Crippen molar-refractivity contribution in [3.63, 3.8) is 0 Å². The molecule has 92 valence electrons. The van der Waals surface area contributed by atoms with Gasteiger partial charge in [-0.25, -0.2) is 4.39 Å². The molecule has 0 unspecified atom stereocenters. The summed E-state index contributed by atoms with van der Waals surface area (Å²) < 4.78 is 15.0. The maximum Gasteiger partial charge on any atom is 0.123 e. The van der Waals surface area contributed by atoms with Crippen molar-refractivity contribution < 1.29 is 4.39 Å². The minimum Gasteiger partial charge on any atom is -0.384 e. The lowest BCUT2D eigenvalue weighted by molar-refractivity contribution is 0.630. The number of fused-ring (bicyclic) bond motifs is 1. The van der Waals surface area contributed by atoms with Crippen LogP contribution in [0.3, 0.4) is 0 Å². The number of rotatable bonds is 1. The Balaban J connectivity index is 2.33. The van der Waals surface area contributed by atoms with Crippen LogP contribution in [0.25, 0.3) is 22.2 Å². The number of anilines is 1. The molecule has 3 rings (SSSR count). The molecule has 4 nitrogen and oxygen atoms in total.